The zero-order valence-corrected chi connectivity index (χ0v) is 20.2. The summed E-state index contributed by atoms with van der Waals surface area (Å²) < 4.78 is 49.0. The molecule has 6 nitrogen and oxygen atoms in total. The molecule has 1 aliphatic carbocycles. The number of ether oxygens (including phenoxy) is 1. The lowest BCUT2D eigenvalue weighted by molar-refractivity contribution is -0.142. The summed E-state index contributed by atoms with van der Waals surface area (Å²) in [6, 6.07) is 7.47. The molecule has 2 aliphatic heterocycles. The van der Waals surface area contributed by atoms with Gasteiger partial charge >= 0.3 is 6.18 Å². The fourth-order valence-electron chi connectivity index (χ4n) is 5.63. The van der Waals surface area contributed by atoms with Crippen molar-refractivity contribution in [3.05, 3.63) is 57.8 Å². The quantitative estimate of drug-likeness (QED) is 0.537. The van der Waals surface area contributed by atoms with Crippen LogP contribution in [-0.2, 0) is 19.6 Å². The lowest BCUT2D eigenvalue weighted by atomic mass is 9.59. The maximum absolute atomic E-state index is 13.4. The predicted molar refractivity (Wildman–Crippen MR) is 124 cm³/mol. The van der Waals surface area contributed by atoms with Gasteiger partial charge in [0.2, 0.25) is 5.75 Å². The fourth-order valence-corrected chi connectivity index (χ4v) is 6.43. The summed E-state index contributed by atoms with van der Waals surface area (Å²) in [5.41, 5.74) is 1.88. The molecular formula is C24H29F3N4O2S. The summed E-state index contributed by atoms with van der Waals surface area (Å²) in [6.07, 6.45) is 0.883. The predicted octanol–water partition coefficient (Wildman–Crippen LogP) is 4.25. The monoisotopic (exact) mass is 494 g/mol. The van der Waals surface area contributed by atoms with E-state index in [0.29, 0.717) is 31.0 Å². The molecule has 0 bridgehead atoms. The Morgan fingerprint density at radius 2 is 1.85 bits per heavy atom. The highest BCUT2D eigenvalue weighted by molar-refractivity contribution is 7.96. The third-order valence-electron chi connectivity index (χ3n) is 7.37. The molecule has 3 heterocycles. The Bertz CT molecular complexity index is 1080. The van der Waals surface area contributed by atoms with Crippen LogP contribution >= 0.6 is 11.9 Å². The van der Waals surface area contributed by atoms with Crippen LogP contribution in [-0.4, -0.2) is 50.9 Å². The third kappa shape index (κ3) is 4.59. The second-order valence-corrected chi connectivity index (χ2v) is 10.8. The molecule has 0 amide bonds. The average molecular weight is 495 g/mol. The number of alkyl halides is 3. The summed E-state index contributed by atoms with van der Waals surface area (Å²) in [5.74, 6) is 0.322. The van der Waals surface area contributed by atoms with Crippen LogP contribution in [0.1, 0.15) is 42.8 Å². The Hall–Kier alpha value is -2.04. The maximum Gasteiger partial charge on any atom is 0.406 e. The van der Waals surface area contributed by atoms with E-state index in [1.54, 1.807) is 18.9 Å². The SMILES string of the molecule is CSN1CC2(CC(COc3cnc(C(C)N4Cc5ccccc5C4)n(CC(F)(F)F)c3=O)C2)C1. The van der Waals surface area contributed by atoms with Gasteiger partial charge in [-0.2, -0.15) is 13.2 Å². The molecule has 0 radical (unpaired) electrons. The first-order chi connectivity index (χ1) is 16.2. The summed E-state index contributed by atoms with van der Waals surface area (Å²) in [6.45, 7) is 4.10. The summed E-state index contributed by atoms with van der Waals surface area (Å²) in [4.78, 5) is 19.4. The van der Waals surface area contributed by atoms with Crippen molar-refractivity contribution in [1.29, 1.82) is 0 Å². The smallest absolute Gasteiger partial charge is 0.406 e. The van der Waals surface area contributed by atoms with Crippen LogP contribution in [0.4, 0.5) is 13.2 Å². The second kappa shape index (κ2) is 8.87. The van der Waals surface area contributed by atoms with E-state index in [4.69, 9.17) is 4.74 Å². The molecule has 0 N–H and O–H groups in total. The molecule has 1 aromatic carbocycles. The number of hydrogen-bond acceptors (Lipinski definition) is 6. The molecule has 1 saturated carbocycles. The molecule has 1 saturated heterocycles. The van der Waals surface area contributed by atoms with Crippen molar-refractivity contribution in [2.45, 2.75) is 51.6 Å². The molecule has 10 heteroatoms. The Labute approximate surface area is 201 Å². The van der Waals surface area contributed by atoms with Crippen LogP contribution in [0.25, 0.3) is 0 Å². The van der Waals surface area contributed by atoms with Crippen molar-refractivity contribution in [1.82, 2.24) is 18.8 Å². The van der Waals surface area contributed by atoms with Crippen molar-refractivity contribution in [3.8, 4) is 5.75 Å². The average Bonchev–Trinajstić information content (AvgIpc) is 3.17. The second-order valence-electron chi connectivity index (χ2n) is 9.90. The maximum atomic E-state index is 13.4. The topological polar surface area (TPSA) is 50.6 Å². The minimum Gasteiger partial charge on any atom is -0.486 e. The minimum absolute atomic E-state index is 0.106. The van der Waals surface area contributed by atoms with Gasteiger partial charge < -0.3 is 4.74 Å². The molecule has 2 fully saturated rings. The molecule has 34 heavy (non-hydrogen) atoms. The van der Waals surface area contributed by atoms with Crippen molar-refractivity contribution in [3.63, 3.8) is 0 Å². The zero-order chi connectivity index (χ0) is 24.1. The first-order valence-electron chi connectivity index (χ1n) is 11.6. The number of aromatic nitrogens is 2. The van der Waals surface area contributed by atoms with Crippen molar-refractivity contribution in [2.75, 3.05) is 26.0 Å². The highest BCUT2D eigenvalue weighted by Gasteiger charge is 2.52. The van der Waals surface area contributed by atoms with Gasteiger partial charge in [0.15, 0.2) is 0 Å². The molecule has 1 atom stereocenters. The summed E-state index contributed by atoms with van der Waals surface area (Å²) in [7, 11) is 0. The van der Waals surface area contributed by atoms with Crippen LogP contribution in [0.15, 0.2) is 35.3 Å². The van der Waals surface area contributed by atoms with Gasteiger partial charge in [0.05, 0.1) is 18.8 Å². The van der Waals surface area contributed by atoms with Crippen molar-refractivity contribution >= 4 is 11.9 Å². The van der Waals surface area contributed by atoms with Gasteiger partial charge in [-0.05, 0) is 48.5 Å². The molecule has 1 unspecified atom stereocenters. The first kappa shape index (κ1) is 23.7. The van der Waals surface area contributed by atoms with Crippen molar-refractivity contribution in [2.24, 2.45) is 11.3 Å². The normalized spacial score (nSPS) is 21.2. The number of hydrogen-bond donors (Lipinski definition) is 0. The van der Waals surface area contributed by atoms with Crippen LogP contribution in [0.2, 0.25) is 0 Å². The Morgan fingerprint density at radius 3 is 2.44 bits per heavy atom. The summed E-state index contributed by atoms with van der Waals surface area (Å²) >= 11 is 1.75. The third-order valence-corrected chi connectivity index (χ3v) is 8.14. The van der Waals surface area contributed by atoms with Gasteiger partial charge in [-0.15, -0.1) is 0 Å². The van der Waals surface area contributed by atoms with E-state index in [-0.39, 0.29) is 11.6 Å². The van der Waals surface area contributed by atoms with E-state index in [2.05, 4.69) is 15.5 Å². The first-order valence-corrected chi connectivity index (χ1v) is 12.7. The van der Waals surface area contributed by atoms with Gasteiger partial charge in [-0.3, -0.25) is 14.3 Å². The van der Waals surface area contributed by atoms with E-state index >= 15 is 0 Å². The zero-order valence-electron chi connectivity index (χ0n) is 19.3. The number of fused-ring (bicyclic) bond motifs is 1. The number of halogens is 3. The molecule has 184 valence electrons. The van der Waals surface area contributed by atoms with Crippen LogP contribution < -0.4 is 10.3 Å². The highest BCUT2D eigenvalue weighted by atomic mass is 32.2. The van der Waals surface area contributed by atoms with Crippen LogP contribution in [0, 0.1) is 11.3 Å². The standard InChI is InChI=1S/C24H29F3N4O2S/c1-16(29-10-18-5-3-4-6-19(18)11-29)21-28-9-20(22(32)31(21)15-24(25,26)27)33-12-17-7-23(8-17)13-30(14-23)34-2/h3-6,9,16-17H,7-8,10-15H2,1-2H3. The fraction of sp³-hybridized carbons (Fsp3) is 0.583. The van der Waals surface area contributed by atoms with Crippen LogP contribution in [0.5, 0.6) is 5.75 Å². The van der Waals surface area contributed by atoms with Gasteiger partial charge in [-0.1, -0.05) is 36.2 Å². The number of benzene rings is 1. The molecule has 1 spiro atoms. The van der Waals surface area contributed by atoms with Crippen molar-refractivity contribution < 1.29 is 17.9 Å². The Balaban J connectivity index is 1.30. The minimum atomic E-state index is -4.54. The number of nitrogens with zero attached hydrogens (tertiary/aromatic N) is 4. The van der Waals surface area contributed by atoms with E-state index in [9.17, 15) is 18.0 Å². The molecule has 1 aromatic heterocycles. The number of rotatable bonds is 7. The molecule has 5 rings (SSSR count). The van der Waals surface area contributed by atoms with Gasteiger partial charge in [0.1, 0.15) is 12.4 Å². The summed E-state index contributed by atoms with van der Waals surface area (Å²) in [5, 5.41) is 0. The lowest BCUT2D eigenvalue weighted by Crippen LogP contribution is -2.60. The van der Waals surface area contributed by atoms with E-state index in [0.717, 1.165) is 41.6 Å². The molecule has 3 aliphatic rings. The largest absolute Gasteiger partial charge is 0.486 e. The molecule has 2 aromatic rings. The highest BCUT2D eigenvalue weighted by Crippen LogP contribution is 2.53. The lowest BCUT2D eigenvalue weighted by Gasteiger charge is -2.58. The Kier molecular flexibility index (Phi) is 6.18. The van der Waals surface area contributed by atoms with Gasteiger partial charge in [-0.25, -0.2) is 9.29 Å². The van der Waals surface area contributed by atoms with E-state index in [1.165, 1.54) is 6.20 Å². The van der Waals surface area contributed by atoms with E-state index < -0.39 is 24.3 Å². The van der Waals surface area contributed by atoms with E-state index in [1.807, 2.05) is 29.2 Å². The Morgan fingerprint density at radius 1 is 1.21 bits per heavy atom. The van der Waals surface area contributed by atoms with Crippen LogP contribution in [0.3, 0.4) is 0 Å². The van der Waals surface area contributed by atoms with Gasteiger partial charge in [0.25, 0.3) is 5.56 Å². The molecular weight excluding hydrogens is 465 g/mol. The van der Waals surface area contributed by atoms with Gasteiger partial charge in [0, 0.05) is 26.2 Å².